The summed E-state index contributed by atoms with van der Waals surface area (Å²) in [5.41, 5.74) is 4.42. The van der Waals surface area contributed by atoms with Crippen molar-refractivity contribution in [2.45, 2.75) is 51.7 Å². The number of carbonyl (C=O) groups is 1. The third kappa shape index (κ3) is 5.84. The standard InChI is InChI=1S/C27H34N2O2/c1-19(2)24(16-20-6-4-3-5-7-20)25-17-26(25)28-23-12-14-29(15-13-23)18-21-8-10-22(11-9-21)27(30)31/h3-11,16,19,23,25-26,28H,12-15,17-18H2,1-2H3,(H,30,31)/b24-16+. The summed E-state index contributed by atoms with van der Waals surface area (Å²) in [6.45, 7) is 7.70. The van der Waals surface area contributed by atoms with Crippen molar-refractivity contribution in [2.24, 2.45) is 11.8 Å². The fourth-order valence-corrected chi connectivity index (χ4v) is 4.76. The van der Waals surface area contributed by atoms with E-state index in [-0.39, 0.29) is 0 Å². The number of piperidine rings is 1. The lowest BCUT2D eigenvalue weighted by Crippen LogP contribution is -2.43. The number of likely N-dealkylation sites (tertiary alicyclic amines) is 1. The first-order valence-corrected chi connectivity index (χ1v) is 11.6. The summed E-state index contributed by atoms with van der Waals surface area (Å²) in [4.78, 5) is 13.5. The molecule has 2 aromatic carbocycles. The lowest BCUT2D eigenvalue weighted by atomic mass is 9.95. The average molecular weight is 419 g/mol. The number of rotatable bonds is 8. The van der Waals surface area contributed by atoms with Crippen molar-refractivity contribution in [2.75, 3.05) is 13.1 Å². The smallest absolute Gasteiger partial charge is 0.335 e. The molecular weight excluding hydrogens is 384 g/mol. The molecule has 2 aliphatic rings. The van der Waals surface area contributed by atoms with Crippen molar-refractivity contribution >= 4 is 12.0 Å². The molecule has 2 atom stereocenters. The van der Waals surface area contributed by atoms with Crippen LogP contribution in [0, 0.1) is 11.8 Å². The molecule has 1 aliphatic heterocycles. The van der Waals surface area contributed by atoms with Crippen LogP contribution >= 0.6 is 0 Å². The second-order valence-corrected chi connectivity index (χ2v) is 9.38. The van der Waals surface area contributed by atoms with E-state index in [0.29, 0.717) is 29.5 Å². The maximum atomic E-state index is 11.0. The van der Waals surface area contributed by atoms with Crippen molar-refractivity contribution in [3.63, 3.8) is 0 Å². The molecule has 1 aliphatic carbocycles. The van der Waals surface area contributed by atoms with Gasteiger partial charge in [-0.3, -0.25) is 4.90 Å². The van der Waals surface area contributed by atoms with Gasteiger partial charge in [-0.25, -0.2) is 4.79 Å². The van der Waals surface area contributed by atoms with Gasteiger partial charge in [-0.1, -0.05) is 68.0 Å². The summed E-state index contributed by atoms with van der Waals surface area (Å²) in [7, 11) is 0. The predicted molar refractivity (Wildman–Crippen MR) is 126 cm³/mol. The van der Waals surface area contributed by atoms with Gasteiger partial charge in [-0.05, 0) is 67.4 Å². The van der Waals surface area contributed by atoms with Gasteiger partial charge in [-0.2, -0.15) is 0 Å². The van der Waals surface area contributed by atoms with Crippen molar-refractivity contribution in [1.82, 2.24) is 10.2 Å². The minimum Gasteiger partial charge on any atom is -0.478 e. The topological polar surface area (TPSA) is 52.6 Å². The van der Waals surface area contributed by atoms with Crippen LogP contribution in [0.2, 0.25) is 0 Å². The highest BCUT2D eigenvalue weighted by Gasteiger charge is 2.41. The minimum absolute atomic E-state index is 0.354. The Kier molecular flexibility index (Phi) is 6.89. The van der Waals surface area contributed by atoms with Crippen molar-refractivity contribution in [3.8, 4) is 0 Å². The molecule has 4 heteroatoms. The quantitative estimate of drug-likeness (QED) is 0.629. The summed E-state index contributed by atoms with van der Waals surface area (Å²) >= 11 is 0. The molecule has 2 N–H and O–H groups in total. The van der Waals surface area contributed by atoms with Gasteiger partial charge in [-0.15, -0.1) is 0 Å². The lowest BCUT2D eigenvalue weighted by Gasteiger charge is -2.32. The van der Waals surface area contributed by atoms with Crippen LogP contribution in [0.15, 0.2) is 60.2 Å². The molecule has 0 spiro atoms. The summed E-state index contributed by atoms with van der Waals surface area (Å²) in [5.74, 6) is 0.383. The van der Waals surface area contributed by atoms with Crippen LogP contribution in [0.1, 0.15) is 54.6 Å². The van der Waals surface area contributed by atoms with E-state index in [1.807, 2.05) is 12.1 Å². The largest absolute Gasteiger partial charge is 0.478 e. The van der Waals surface area contributed by atoms with E-state index < -0.39 is 5.97 Å². The number of carboxylic acid groups (broad SMARTS) is 1. The highest BCUT2D eigenvalue weighted by molar-refractivity contribution is 5.87. The van der Waals surface area contributed by atoms with Crippen molar-refractivity contribution in [3.05, 3.63) is 76.9 Å². The summed E-state index contributed by atoms with van der Waals surface area (Å²) in [5, 5.41) is 13.0. The Morgan fingerprint density at radius 1 is 1.10 bits per heavy atom. The van der Waals surface area contributed by atoms with Crippen LogP contribution in [0.4, 0.5) is 0 Å². The number of nitrogens with one attached hydrogen (secondary N) is 1. The zero-order valence-electron chi connectivity index (χ0n) is 18.6. The molecule has 2 unspecified atom stereocenters. The van der Waals surface area contributed by atoms with Gasteiger partial charge in [0, 0.05) is 18.6 Å². The molecule has 0 aromatic heterocycles. The third-order valence-electron chi connectivity index (χ3n) is 6.66. The van der Waals surface area contributed by atoms with E-state index in [1.165, 1.54) is 30.4 Å². The summed E-state index contributed by atoms with van der Waals surface area (Å²) in [6.07, 6.45) is 6.01. The predicted octanol–water partition coefficient (Wildman–Crippen LogP) is 5.07. The zero-order chi connectivity index (χ0) is 21.8. The fraction of sp³-hybridized carbons (Fsp3) is 0.444. The highest BCUT2D eigenvalue weighted by atomic mass is 16.4. The van der Waals surface area contributed by atoms with E-state index in [0.717, 1.165) is 19.6 Å². The number of hydrogen-bond acceptors (Lipinski definition) is 3. The monoisotopic (exact) mass is 418 g/mol. The van der Waals surface area contributed by atoms with Crippen LogP contribution in [-0.4, -0.2) is 41.1 Å². The van der Waals surface area contributed by atoms with E-state index in [4.69, 9.17) is 5.11 Å². The van der Waals surface area contributed by atoms with Crippen LogP contribution in [0.25, 0.3) is 6.08 Å². The zero-order valence-corrected chi connectivity index (χ0v) is 18.6. The minimum atomic E-state index is -0.865. The van der Waals surface area contributed by atoms with E-state index >= 15 is 0 Å². The van der Waals surface area contributed by atoms with Crippen LogP contribution in [-0.2, 0) is 6.54 Å². The van der Waals surface area contributed by atoms with Gasteiger partial charge in [0.25, 0.3) is 0 Å². The first-order valence-electron chi connectivity index (χ1n) is 11.6. The Labute approximate surface area is 186 Å². The van der Waals surface area contributed by atoms with Crippen LogP contribution < -0.4 is 5.32 Å². The number of benzene rings is 2. The Hall–Kier alpha value is -2.43. The molecule has 4 nitrogen and oxygen atoms in total. The van der Waals surface area contributed by atoms with Gasteiger partial charge in [0.15, 0.2) is 0 Å². The Bertz CT molecular complexity index is 897. The van der Waals surface area contributed by atoms with Gasteiger partial charge < -0.3 is 10.4 Å². The first kappa shape index (κ1) is 21.8. The molecular formula is C27H34N2O2. The maximum Gasteiger partial charge on any atom is 0.335 e. The Balaban J connectivity index is 1.25. The molecule has 1 saturated heterocycles. The Morgan fingerprint density at radius 3 is 2.39 bits per heavy atom. The summed E-state index contributed by atoms with van der Waals surface area (Å²) in [6, 6.07) is 19.2. The normalized spacial score (nSPS) is 22.6. The molecule has 0 amide bonds. The molecule has 2 fully saturated rings. The second-order valence-electron chi connectivity index (χ2n) is 9.38. The molecule has 0 radical (unpaired) electrons. The Morgan fingerprint density at radius 2 is 1.77 bits per heavy atom. The maximum absolute atomic E-state index is 11.0. The molecule has 164 valence electrons. The average Bonchev–Trinajstić information content (AvgIpc) is 3.53. The molecule has 31 heavy (non-hydrogen) atoms. The molecule has 4 rings (SSSR count). The SMILES string of the molecule is CC(C)/C(=C\c1ccccc1)C1CC1NC1CCN(Cc2ccc(C(=O)O)cc2)CC1. The van der Waals surface area contributed by atoms with Crippen molar-refractivity contribution in [1.29, 1.82) is 0 Å². The number of carboxylic acids is 1. The number of aromatic carboxylic acids is 1. The third-order valence-corrected chi connectivity index (χ3v) is 6.66. The second kappa shape index (κ2) is 9.80. The summed E-state index contributed by atoms with van der Waals surface area (Å²) < 4.78 is 0. The molecule has 2 aromatic rings. The number of hydrogen-bond donors (Lipinski definition) is 2. The van der Waals surface area contributed by atoms with Gasteiger partial charge in [0.1, 0.15) is 0 Å². The van der Waals surface area contributed by atoms with E-state index in [1.54, 1.807) is 17.7 Å². The van der Waals surface area contributed by atoms with Crippen molar-refractivity contribution < 1.29 is 9.90 Å². The number of nitrogens with zero attached hydrogens (tertiary/aromatic N) is 1. The van der Waals surface area contributed by atoms with Crippen LogP contribution in [0.3, 0.4) is 0 Å². The fourth-order valence-electron chi connectivity index (χ4n) is 4.76. The van der Waals surface area contributed by atoms with E-state index in [9.17, 15) is 4.79 Å². The first-order chi connectivity index (χ1) is 15.0. The molecule has 1 saturated carbocycles. The van der Waals surface area contributed by atoms with E-state index in [2.05, 4.69) is 60.5 Å². The lowest BCUT2D eigenvalue weighted by molar-refractivity contribution is 0.0697. The molecule has 0 bridgehead atoms. The van der Waals surface area contributed by atoms with Crippen LogP contribution in [0.5, 0.6) is 0 Å². The van der Waals surface area contributed by atoms with Gasteiger partial charge in [0.2, 0.25) is 0 Å². The van der Waals surface area contributed by atoms with Gasteiger partial charge >= 0.3 is 5.97 Å². The molecule has 1 heterocycles. The highest BCUT2D eigenvalue weighted by Crippen LogP contribution is 2.42. The van der Waals surface area contributed by atoms with Gasteiger partial charge in [0.05, 0.1) is 5.56 Å².